The number of allylic oxidation sites excluding steroid dienone is 2. The third kappa shape index (κ3) is 2.74. The molecule has 3 N–H and O–H groups in total. The summed E-state index contributed by atoms with van der Waals surface area (Å²) in [5.41, 5.74) is 9.96. The van der Waals surface area contributed by atoms with Crippen LogP contribution in [0, 0.1) is 0 Å². The fourth-order valence-corrected chi connectivity index (χ4v) is 2.03. The van der Waals surface area contributed by atoms with Crippen molar-refractivity contribution in [3.63, 3.8) is 0 Å². The van der Waals surface area contributed by atoms with Gasteiger partial charge in [0.2, 0.25) is 5.91 Å². The minimum absolute atomic E-state index is 0.0851. The van der Waals surface area contributed by atoms with Crippen LogP contribution < -0.4 is 11.1 Å². The Morgan fingerprint density at radius 2 is 2.35 bits per heavy atom. The van der Waals surface area contributed by atoms with Gasteiger partial charge in [0.05, 0.1) is 6.42 Å². The van der Waals surface area contributed by atoms with E-state index in [0.29, 0.717) is 6.42 Å². The molecule has 1 amide bonds. The van der Waals surface area contributed by atoms with Gasteiger partial charge in [-0.2, -0.15) is 0 Å². The van der Waals surface area contributed by atoms with Crippen molar-refractivity contribution in [3.05, 3.63) is 35.4 Å². The molecule has 1 aliphatic heterocycles. The first-order valence-corrected chi connectivity index (χ1v) is 6.00. The Labute approximate surface area is 102 Å². The van der Waals surface area contributed by atoms with E-state index in [0.717, 1.165) is 30.6 Å². The molecule has 1 heterocycles. The highest BCUT2D eigenvalue weighted by Gasteiger charge is 2.17. The second kappa shape index (κ2) is 5.15. The van der Waals surface area contributed by atoms with Gasteiger partial charge in [0, 0.05) is 5.69 Å². The third-order valence-corrected chi connectivity index (χ3v) is 3.04. The molecule has 2 rings (SSSR count). The number of nitrogens with one attached hydrogen (secondary N) is 1. The van der Waals surface area contributed by atoms with Crippen LogP contribution in [0.1, 0.15) is 30.9 Å². The van der Waals surface area contributed by atoms with E-state index in [2.05, 4.69) is 30.4 Å². The van der Waals surface area contributed by atoms with Crippen LogP contribution >= 0.6 is 0 Å². The molecular formula is C14H18N2O. The lowest BCUT2D eigenvalue weighted by Gasteiger charge is -2.05. The molecule has 1 aliphatic rings. The van der Waals surface area contributed by atoms with Crippen molar-refractivity contribution in [2.75, 3.05) is 11.9 Å². The highest BCUT2D eigenvalue weighted by molar-refractivity contribution is 5.99. The van der Waals surface area contributed by atoms with Gasteiger partial charge in [0.1, 0.15) is 0 Å². The number of rotatable bonds is 4. The monoisotopic (exact) mass is 230 g/mol. The first-order valence-electron chi connectivity index (χ1n) is 6.00. The minimum Gasteiger partial charge on any atom is -0.330 e. The maximum Gasteiger partial charge on any atom is 0.228 e. The Morgan fingerprint density at radius 3 is 3.12 bits per heavy atom. The van der Waals surface area contributed by atoms with Gasteiger partial charge in [0.25, 0.3) is 0 Å². The van der Waals surface area contributed by atoms with Gasteiger partial charge in [-0.15, -0.1) is 0 Å². The molecule has 0 spiro atoms. The molecule has 0 saturated heterocycles. The first kappa shape index (κ1) is 11.9. The standard InChI is InChI=1S/C14H18N2O/c1-10(4-2-3-7-15)11-5-6-13-12(8-11)9-14(17)16-13/h4-6,8H,2-3,7,9,15H2,1H3,(H,16,17)/b10-4+. The normalized spacial score (nSPS) is 14.7. The van der Waals surface area contributed by atoms with E-state index in [1.54, 1.807) is 0 Å². The van der Waals surface area contributed by atoms with Gasteiger partial charge < -0.3 is 11.1 Å². The molecule has 0 bridgehead atoms. The summed E-state index contributed by atoms with van der Waals surface area (Å²) in [6, 6.07) is 6.13. The van der Waals surface area contributed by atoms with Gasteiger partial charge in [-0.25, -0.2) is 0 Å². The molecule has 0 aliphatic carbocycles. The number of hydrogen-bond donors (Lipinski definition) is 2. The van der Waals surface area contributed by atoms with Crippen LogP contribution in [-0.4, -0.2) is 12.5 Å². The van der Waals surface area contributed by atoms with Crippen LogP contribution in [0.5, 0.6) is 0 Å². The molecule has 0 fully saturated rings. The molecule has 1 aromatic rings. The van der Waals surface area contributed by atoms with Gasteiger partial charge in [0.15, 0.2) is 0 Å². The number of hydrogen-bond acceptors (Lipinski definition) is 2. The van der Waals surface area contributed by atoms with E-state index < -0.39 is 0 Å². The van der Waals surface area contributed by atoms with E-state index in [1.165, 1.54) is 11.1 Å². The molecule has 0 atom stereocenters. The van der Waals surface area contributed by atoms with Gasteiger partial charge in [-0.05, 0) is 55.1 Å². The highest BCUT2D eigenvalue weighted by atomic mass is 16.1. The number of fused-ring (bicyclic) bond motifs is 1. The highest BCUT2D eigenvalue weighted by Crippen LogP contribution is 2.26. The summed E-state index contributed by atoms with van der Waals surface area (Å²) >= 11 is 0. The van der Waals surface area contributed by atoms with Crippen molar-refractivity contribution in [3.8, 4) is 0 Å². The number of carbonyl (C=O) groups is 1. The molecule has 0 radical (unpaired) electrons. The fraction of sp³-hybridized carbons (Fsp3) is 0.357. The Kier molecular flexibility index (Phi) is 3.59. The number of amides is 1. The fourth-order valence-electron chi connectivity index (χ4n) is 2.03. The van der Waals surface area contributed by atoms with E-state index in [4.69, 9.17) is 5.73 Å². The molecule has 0 saturated carbocycles. The predicted octanol–water partition coefficient (Wildman–Crippen LogP) is 2.32. The van der Waals surface area contributed by atoms with Gasteiger partial charge in [-0.1, -0.05) is 12.1 Å². The molecular weight excluding hydrogens is 212 g/mol. The minimum atomic E-state index is 0.0851. The molecule has 3 heteroatoms. The van der Waals surface area contributed by atoms with Crippen LogP contribution in [-0.2, 0) is 11.2 Å². The number of nitrogens with two attached hydrogens (primary N) is 1. The number of anilines is 1. The van der Waals surface area contributed by atoms with Crippen molar-refractivity contribution in [2.24, 2.45) is 5.73 Å². The molecule has 0 aromatic heterocycles. The van der Waals surface area contributed by atoms with E-state index in [9.17, 15) is 4.79 Å². The van der Waals surface area contributed by atoms with E-state index in [-0.39, 0.29) is 5.91 Å². The Morgan fingerprint density at radius 1 is 1.53 bits per heavy atom. The topological polar surface area (TPSA) is 55.1 Å². The molecule has 90 valence electrons. The summed E-state index contributed by atoms with van der Waals surface area (Å²) in [4.78, 5) is 11.3. The smallest absolute Gasteiger partial charge is 0.228 e. The van der Waals surface area contributed by atoms with Crippen molar-refractivity contribution >= 4 is 17.2 Å². The quantitative estimate of drug-likeness (QED) is 0.780. The van der Waals surface area contributed by atoms with Crippen LogP contribution in [0.2, 0.25) is 0 Å². The lowest BCUT2D eigenvalue weighted by atomic mass is 10.0. The van der Waals surface area contributed by atoms with Crippen LogP contribution in [0.3, 0.4) is 0 Å². The summed E-state index contributed by atoms with van der Waals surface area (Å²) in [6.45, 7) is 2.83. The second-order valence-electron chi connectivity index (χ2n) is 4.41. The maximum absolute atomic E-state index is 11.3. The van der Waals surface area contributed by atoms with Gasteiger partial charge in [-0.3, -0.25) is 4.79 Å². The van der Waals surface area contributed by atoms with Crippen molar-refractivity contribution < 1.29 is 4.79 Å². The zero-order chi connectivity index (χ0) is 12.3. The summed E-state index contributed by atoms with van der Waals surface area (Å²) < 4.78 is 0. The predicted molar refractivity (Wildman–Crippen MR) is 70.7 cm³/mol. The van der Waals surface area contributed by atoms with Crippen molar-refractivity contribution in [1.82, 2.24) is 0 Å². The summed E-state index contributed by atoms with van der Waals surface area (Å²) in [7, 11) is 0. The van der Waals surface area contributed by atoms with Crippen molar-refractivity contribution in [2.45, 2.75) is 26.2 Å². The van der Waals surface area contributed by atoms with E-state index >= 15 is 0 Å². The third-order valence-electron chi connectivity index (χ3n) is 3.04. The summed E-state index contributed by atoms with van der Waals surface area (Å²) in [5, 5.41) is 2.84. The lowest BCUT2D eigenvalue weighted by Crippen LogP contribution is -2.03. The lowest BCUT2D eigenvalue weighted by molar-refractivity contribution is -0.115. The second-order valence-corrected chi connectivity index (χ2v) is 4.41. The number of carbonyl (C=O) groups excluding carboxylic acids is 1. The zero-order valence-electron chi connectivity index (χ0n) is 10.1. The maximum atomic E-state index is 11.3. The van der Waals surface area contributed by atoms with E-state index in [1.807, 2.05) is 6.07 Å². The Balaban J connectivity index is 2.15. The molecule has 0 unspecified atom stereocenters. The molecule has 17 heavy (non-hydrogen) atoms. The van der Waals surface area contributed by atoms with Gasteiger partial charge >= 0.3 is 0 Å². The molecule has 1 aromatic carbocycles. The average Bonchev–Trinajstić information content (AvgIpc) is 2.68. The van der Waals surface area contributed by atoms with Crippen molar-refractivity contribution in [1.29, 1.82) is 0 Å². The molecule has 3 nitrogen and oxygen atoms in total. The summed E-state index contributed by atoms with van der Waals surface area (Å²) in [6.07, 6.45) is 4.73. The van der Waals surface area contributed by atoms with Crippen LogP contribution in [0.4, 0.5) is 5.69 Å². The average molecular weight is 230 g/mol. The largest absolute Gasteiger partial charge is 0.330 e. The first-order chi connectivity index (χ1) is 8.20. The Hall–Kier alpha value is -1.61. The Bertz CT molecular complexity index is 463. The zero-order valence-corrected chi connectivity index (χ0v) is 10.1. The summed E-state index contributed by atoms with van der Waals surface area (Å²) in [5.74, 6) is 0.0851. The SMILES string of the molecule is C/C(=C\CCCN)c1ccc2c(c1)CC(=O)N2. The van der Waals surface area contributed by atoms with Crippen LogP contribution in [0.15, 0.2) is 24.3 Å². The van der Waals surface area contributed by atoms with Crippen LogP contribution in [0.25, 0.3) is 5.57 Å². The number of benzene rings is 1. The number of unbranched alkanes of at least 4 members (excludes halogenated alkanes) is 1.